The zero-order chi connectivity index (χ0) is 31.7. The predicted molar refractivity (Wildman–Crippen MR) is 177 cm³/mol. The van der Waals surface area contributed by atoms with Gasteiger partial charge in [-0.3, -0.25) is 9.67 Å². The summed E-state index contributed by atoms with van der Waals surface area (Å²) in [5, 5.41) is 14.1. The van der Waals surface area contributed by atoms with Gasteiger partial charge >= 0.3 is 6.09 Å². The molecule has 4 heterocycles. The van der Waals surface area contributed by atoms with Crippen molar-refractivity contribution in [3.05, 3.63) is 59.8 Å². The summed E-state index contributed by atoms with van der Waals surface area (Å²) in [6, 6.07) is 10.5. The molecule has 3 aromatic heterocycles. The van der Waals surface area contributed by atoms with Gasteiger partial charge in [0.15, 0.2) is 0 Å². The van der Waals surface area contributed by atoms with Crippen LogP contribution in [0.15, 0.2) is 48.9 Å². The number of fused-ring (bicyclic) bond motifs is 2. The van der Waals surface area contributed by atoms with Crippen LogP contribution in [0.2, 0.25) is 30.7 Å². The molecule has 1 fully saturated rings. The van der Waals surface area contributed by atoms with Crippen molar-refractivity contribution in [2.45, 2.75) is 58.7 Å². The minimum Gasteiger partial charge on any atom is -0.465 e. The Kier molecular flexibility index (Phi) is 8.80. The van der Waals surface area contributed by atoms with Gasteiger partial charge in [0.2, 0.25) is 0 Å². The Morgan fingerprint density at radius 1 is 1.09 bits per heavy atom. The smallest absolute Gasteiger partial charge is 0.407 e. The van der Waals surface area contributed by atoms with Gasteiger partial charge in [0.25, 0.3) is 0 Å². The number of hydrogen-bond acceptors (Lipinski definition) is 7. The number of rotatable bonds is 10. The van der Waals surface area contributed by atoms with Crippen LogP contribution in [0.1, 0.15) is 18.7 Å². The van der Waals surface area contributed by atoms with Crippen LogP contribution in [0.4, 0.5) is 4.79 Å². The summed E-state index contributed by atoms with van der Waals surface area (Å²) in [4.78, 5) is 26.8. The molecule has 5 aromatic rings. The molecule has 2 aromatic carbocycles. The fourth-order valence-electron chi connectivity index (χ4n) is 5.52. The molecule has 0 spiro atoms. The van der Waals surface area contributed by atoms with E-state index in [9.17, 15) is 9.90 Å². The second-order valence-electron chi connectivity index (χ2n) is 12.9. The van der Waals surface area contributed by atoms with Crippen LogP contribution < -0.4 is 4.74 Å². The number of halogens is 1. The minimum absolute atomic E-state index is 0.370. The second-order valence-corrected chi connectivity index (χ2v) is 18.9. The van der Waals surface area contributed by atoms with E-state index in [4.69, 9.17) is 31.0 Å². The van der Waals surface area contributed by atoms with E-state index in [0.29, 0.717) is 59.0 Å². The molecule has 1 amide bonds. The highest BCUT2D eigenvalue weighted by atomic mass is 35.5. The maximum Gasteiger partial charge on any atom is 0.407 e. The summed E-state index contributed by atoms with van der Waals surface area (Å²) < 4.78 is 16.3. The molecular formula is C32H38ClN7O4Si. The van der Waals surface area contributed by atoms with Gasteiger partial charge in [0.05, 0.1) is 34.6 Å². The largest absolute Gasteiger partial charge is 0.465 e. The third kappa shape index (κ3) is 7.13. The predicted octanol–water partition coefficient (Wildman–Crippen LogP) is 7.30. The van der Waals surface area contributed by atoms with Crippen molar-refractivity contribution in [2.24, 2.45) is 5.92 Å². The number of ether oxygens (including phenoxy) is 2. The lowest BCUT2D eigenvalue weighted by atomic mass is 9.97. The van der Waals surface area contributed by atoms with E-state index in [1.165, 1.54) is 4.90 Å². The Morgan fingerprint density at radius 2 is 1.87 bits per heavy atom. The number of imidazole rings is 1. The molecular weight excluding hydrogens is 610 g/mol. The van der Waals surface area contributed by atoms with E-state index >= 15 is 0 Å². The van der Waals surface area contributed by atoms with Crippen LogP contribution in [0.3, 0.4) is 0 Å². The van der Waals surface area contributed by atoms with E-state index in [-0.39, 0.29) is 0 Å². The number of aryl methyl sites for hydroxylation is 1. The average molecular weight is 648 g/mol. The Bertz CT molecular complexity index is 1840. The number of nitrogens with zero attached hydrogens (tertiary/aromatic N) is 7. The maximum atomic E-state index is 11.2. The summed E-state index contributed by atoms with van der Waals surface area (Å²) in [6.07, 6.45) is 6.21. The molecule has 0 saturated carbocycles. The highest BCUT2D eigenvalue weighted by Crippen LogP contribution is 2.36. The quantitative estimate of drug-likeness (QED) is 0.124. The molecule has 11 nitrogen and oxygen atoms in total. The molecule has 0 unspecified atom stereocenters. The monoisotopic (exact) mass is 647 g/mol. The summed E-state index contributed by atoms with van der Waals surface area (Å²) in [7, 11) is -1.17. The van der Waals surface area contributed by atoms with Gasteiger partial charge in [-0.05, 0) is 56.0 Å². The zero-order valence-electron chi connectivity index (χ0n) is 26.0. The topological polar surface area (TPSA) is 120 Å². The number of hydrogen-bond donors (Lipinski definition) is 1. The van der Waals surface area contributed by atoms with E-state index in [0.717, 1.165) is 54.5 Å². The number of amides is 1. The number of aromatic nitrogens is 6. The number of carboxylic acid groups (broad SMARTS) is 1. The van der Waals surface area contributed by atoms with Crippen molar-refractivity contribution in [1.29, 1.82) is 0 Å². The summed E-state index contributed by atoms with van der Waals surface area (Å²) in [5.74, 6) is 2.36. The van der Waals surface area contributed by atoms with Crippen molar-refractivity contribution in [1.82, 2.24) is 34.2 Å². The van der Waals surface area contributed by atoms with Crippen LogP contribution in [-0.2, 0) is 18.0 Å². The lowest BCUT2D eigenvalue weighted by molar-refractivity contribution is 0.0885. The SMILES string of the molecule is Cc1nc2ccc(Oc3ccc4ncc(-c5cnn(CC6CCN(C(=O)O)CC6)c5)nc4c3Cl)cc2n1COCC[Si](C)(C)C. The Morgan fingerprint density at radius 3 is 2.62 bits per heavy atom. The van der Waals surface area contributed by atoms with Gasteiger partial charge in [-0.2, -0.15) is 5.10 Å². The molecule has 1 aliphatic rings. The Labute approximate surface area is 267 Å². The normalized spacial score (nSPS) is 14.5. The highest BCUT2D eigenvalue weighted by Gasteiger charge is 2.23. The second kappa shape index (κ2) is 12.8. The molecule has 0 atom stereocenters. The molecule has 1 aliphatic heterocycles. The van der Waals surface area contributed by atoms with Crippen LogP contribution in [-0.4, -0.2) is 73.2 Å². The van der Waals surface area contributed by atoms with Crippen molar-refractivity contribution in [3.8, 4) is 22.8 Å². The first kappa shape index (κ1) is 31.0. The summed E-state index contributed by atoms with van der Waals surface area (Å²) >= 11 is 6.87. The van der Waals surface area contributed by atoms with Crippen LogP contribution in [0, 0.1) is 12.8 Å². The van der Waals surface area contributed by atoms with Gasteiger partial charge in [-0.1, -0.05) is 31.2 Å². The molecule has 0 bridgehead atoms. The van der Waals surface area contributed by atoms with Gasteiger partial charge in [-0.15, -0.1) is 0 Å². The maximum absolute atomic E-state index is 11.2. The molecule has 45 heavy (non-hydrogen) atoms. The lowest BCUT2D eigenvalue weighted by Crippen LogP contribution is -2.38. The Balaban J connectivity index is 1.18. The number of likely N-dealkylation sites (tertiary alicyclic amines) is 1. The fraction of sp³-hybridized carbons (Fsp3) is 0.406. The van der Waals surface area contributed by atoms with Gasteiger partial charge in [0.1, 0.15) is 34.6 Å². The van der Waals surface area contributed by atoms with E-state index in [1.807, 2.05) is 42.1 Å². The van der Waals surface area contributed by atoms with Crippen LogP contribution in [0.25, 0.3) is 33.3 Å². The van der Waals surface area contributed by atoms with Crippen molar-refractivity contribution >= 4 is 47.8 Å². The molecule has 1 saturated heterocycles. The van der Waals surface area contributed by atoms with Crippen molar-refractivity contribution in [2.75, 3.05) is 19.7 Å². The molecule has 236 valence electrons. The van der Waals surface area contributed by atoms with E-state index in [2.05, 4.69) is 34.3 Å². The fourth-order valence-corrected chi connectivity index (χ4v) is 6.52. The first-order valence-electron chi connectivity index (χ1n) is 15.2. The average Bonchev–Trinajstić information content (AvgIpc) is 3.60. The van der Waals surface area contributed by atoms with E-state index < -0.39 is 14.2 Å². The van der Waals surface area contributed by atoms with Gasteiger partial charge in [-0.25, -0.2) is 14.8 Å². The summed E-state index contributed by atoms with van der Waals surface area (Å²) in [6.45, 7) is 12.0. The van der Waals surface area contributed by atoms with Crippen molar-refractivity contribution < 1.29 is 19.4 Å². The molecule has 6 rings (SSSR count). The first-order chi connectivity index (χ1) is 21.5. The molecule has 0 aliphatic carbocycles. The van der Waals surface area contributed by atoms with Crippen LogP contribution >= 0.6 is 11.6 Å². The molecule has 1 N–H and O–H groups in total. The third-order valence-electron chi connectivity index (χ3n) is 8.23. The van der Waals surface area contributed by atoms with E-state index in [1.54, 1.807) is 18.5 Å². The van der Waals surface area contributed by atoms with Crippen molar-refractivity contribution in [3.63, 3.8) is 0 Å². The minimum atomic E-state index is -1.17. The standard InChI is InChI=1S/C32H38ClN7O4Si/c1-21-36-25-6-5-24(15-28(25)40(21)20-43-13-14-45(2,3)4)44-29-8-7-26-31(30(29)33)37-27(17-34-26)23-16-35-39(19-23)18-22-9-11-38(12-10-22)32(41)42/h5-8,15-17,19,22H,9-14,18,20H2,1-4H3,(H,41,42). The Hall–Kier alpha value is -4.00. The van der Waals surface area contributed by atoms with Gasteiger partial charge in [0, 0.05) is 52.1 Å². The molecule has 13 heteroatoms. The zero-order valence-corrected chi connectivity index (χ0v) is 27.8. The number of piperidine rings is 1. The number of benzene rings is 2. The third-order valence-corrected chi connectivity index (χ3v) is 10.3. The summed E-state index contributed by atoms with van der Waals surface area (Å²) in [5.41, 5.74) is 4.49. The first-order valence-corrected chi connectivity index (χ1v) is 19.3. The number of carbonyl (C=O) groups is 1. The van der Waals surface area contributed by atoms with Crippen LogP contribution in [0.5, 0.6) is 11.5 Å². The lowest BCUT2D eigenvalue weighted by Gasteiger charge is -2.29. The molecule has 0 radical (unpaired) electrons. The highest BCUT2D eigenvalue weighted by molar-refractivity contribution is 6.76. The van der Waals surface area contributed by atoms with Gasteiger partial charge < -0.3 is 24.0 Å².